The van der Waals surface area contributed by atoms with Crippen molar-refractivity contribution in [2.45, 2.75) is 19.9 Å². The van der Waals surface area contributed by atoms with Gasteiger partial charge >= 0.3 is 0 Å². The number of thiazole rings is 2. The summed E-state index contributed by atoms with van der Waals surface area (Å²) < 4.78 is 6.95. The molecule has 7 heteroatoms. The van der Waals surface area contributed by atoms with Gasteiger partial charge in [0.25, 0.3) is 0 Å². The number of rotatable bonds is 5. The predicted molar refractivity (Wildman–Crippen MR) is 99.7 cm³/mol. The Bertz CT molecular complexity index is 999. The van der Waals surface area contributed by atoms with Crippen molar-refractivity contribution in [3.8, 4) is 10.8 Å². The minimum atomic E-state index is -0.0664. The average Bonchev–Trinajstić information content (AvgIpc) is 3.31. The van der Waals surface area contributed by atoms with Gasteiger partial charge in [-0.3, -0.25) is 4.79 Å². The molecule has 1 N–H and O–H groups in total. The van der Waals surface area contributed by atoms with E-state index < -0.39 is 0 Å². The van der Waals surface area contributed by atoms with Crippen molar-refractivity contribution in [3.05, 3.63) is 58.2 Å². The molecule has 0 atom stereocenters. The fourth-order valence-corrected chi connectivity index (χ4v) is 4.01. The maximum Gasteiger partial charge on any atom is 0.226 e. The van der Waals surface area contributed by atoms with Crippen molar-refractivity contribution < 1.29 is 9.21 Å². The van der Waals surface area contributed by atoms with E-state index in [1.165, 1.54) is 0 Å². The Labute approximate surface area is 152 Å². The number of hydrogen-bond acceptors (Lipinski definition) is 6. The van der Waals surface area contributed by atoms with E-state index in [0.717, 1.165) is 31.7 Å². The van der Waals surface area contributed by atoms with Gasteiger partial charge in [-0.25, -0.2) is 9.97 Å². The molecular weight excluding hydrogens is 354 g/mol. The van der Waals surface area contributed by atoms with Crippen LogP contribution in [0.1, 0.15) is 16.5 Å². The molecule has 0 saturated carbocycles. The maximum atomic E-state index is 12.0. The Morgan fingerprint density at radius 1 is 1.20 bits per heavy atom. The fourth-order valence-electron chi connectivity index (χ4n) is 2.47. The first kappa shape index (κ1) is 16.0. The van der Waals surface area contributed by atoms with E-state index in [-0.39, 0.29) is 12.3 Å². The molecule has 3 heterocycles. The number of fused-ring (bicyclic) bond motifs is 1. The Hall–Kier alpha value is -2.51. The van der Waals surface area contributed by atoms with E-state index in [2.05, 4.69) is 15.3 Å². The van der Waals surface area contributed by atoms with Gasteiger partial charge in [0.05, 0.1) is 33.9 Å². The molecule has 25 heavy (non-hydrogen) atoms. The first-order valence-corrected chi connectivity index (χ1v) is 9.49. The molecule has 0 aliphatic heterocycles. The van der Waals surface area contributed by atoms with Crippen molar-refractivity contribution in [2.24, 2.45) is 0 Å². The number of benzene rings is 1. The van der Waals surface area contributed by atoms with E-state index in [9.17, 15) is 4.79 Å². The fraction of sp³-hybridized carbons (Fsp3) is 0.167. The SMILES string of the molecule is Cc1nc(CC(=O)NCc2ccc(-c3nc4ccccc4s3)o2)cs1. The number of aromatic nitrogens is 2. The maximum absolute atomic E-state index is 12.0. The number of aryl methyl sites for hydroxylation is 1. The number of furan rings is 1. The smallest absolute Gasteiger partial charge is 0.226 e. The number of para-hydroxylation sites is 1. The summed E-state index contributed by atoms with van der Waals surface area (Å²) in [5.41, 5.74) is 1.77. The van der Waals surface area contributed by atoms with Crippen LogP contribution in [0.2, 0.25) is 0 Å². The van der Waals surface area contributed by atoms with Crippen molar-refractivity contribution in [2.75, 3.05) is 0 Å². The molecule has 0 bridgehead atoms. The van der Waals surface area contributed by atoms with Gasteiger partial charge in [0.15, 0.2) is 10.8 Å². The van der Waals surface area contributed by atoms with Gasteiger partial charge in [0.2, 0.25) is 5.91 Å². The molecule has 0 spiro atoms. The standard InChI is InChI=1S/C18H15N3O2S2/c1-11-20-12(10-24-11)8-17(22)19-9-13-6-7-15(23-13)18-21-14-4-2-3-5-16(14)25-18/h2-7,10H,8-9H2,1H3,(H,19,22). The molecule has 0 unspecified atom stereocenters. The second-order valence-electron chi connectivity index (χ2n) is 5.56. The second kappa shape index (κ2) is 6.78. The molecule has 0 fully saturated rings. The molecule has 1 aromatic carbocycles. The third-order valence-corrected chi connectivity index (χ3v) is 5.51. The minimum absolute atomic E-state index is 0.0664. The molecule has 5 nitrogen and oxygen atoms in total. The first-order chi connectivity index (χ1) is 12.2. The van der Waals surface area contributed by atoms with Crippen molar-refractivity contribution in [1.82, 2.24) is 15.3 Å². The monoisotopic (exact) mass is 369 g/mol. The van der Waals surface area contributed by atoms with Gasteiger partial charge in [-0.05, 0) is 31.2 Å². The summed E-state index contributed by atoms with van der Waals surface area (Å²) in [6.45, 7) is 2.28. The quantitative estimate of drug-likeness (QED) is 0.573. The van der Waals surface area contributed by atoms with Crippen LogP contribution in [0.4, 0.5) is 0 Å². The van der Waals surface area contributed by atoms with Crippen LogP contribution in [0, 0.1) is 6.92 Å². The van der Waals surface area contributed by atoms with Crippen LogP contribution in [-0.4, -0.2) is 15.9 Å². The van der Waals surface area contributed by atoms with Crippen molar-refractivity contribution in [3.63, 3.8) is 0 Å². The zero-order valence-corrected chi connectivity index (χ0v) is 15.1. The molecule has 0 saturated heterocycles. The van der Waals surface area contributed by atoms with Crippen LogP contribution in [-0.2, 0) is 17.8 Å². The van der Waals surface area contributed by atoms with Crippen molar-refractivity contribution in [1.29, 1.82) is 0 Å². The number of nitrogens with zero attached hydrogens (tertiary/aromatic N) is 2. The Balaban J connectivity index is 1.40. The lowest BCUT2D eigenvalue weighted by atomic mass is 10.3. The van der Waals surface area contributed by atoms with Gasteiger partial charge in [-0.2, -0.15) is 0 Å². The zero-order valence-electron chi connectivity index (χ0n) is 13.5. The summed E-state index contributed by atoms with van der Waals surface area (Å²) in [7, 11) is 0. The molecule has 4 aromatic rings. The van der Waals surface area contributed by atoms with E-state index in [0.29, 0.717) is 12.3 Å². The number of carbonyl (C=O) groups excluding carboxylic acids is 1. The molecular formula is C18H15N3O2S2. The number of amides is 1. The highest BCUT2D eigenvalue weighted by atomic mass is 32.1. The molecule has 0 radical (unpaired) electrons. The average molecular weight is 369 g/mol. The third-order valence-electron chi connectivity index (χ3n) is 3.63. The summed E-state index contributed by atoms with van der Waals surface area (Å²) in [5.74, 6) is 1.36. The van der Waals surface area contributed by atoms with Crippen LogP contribution in [0.3, 0.4) is 0 Å². The predicted octanol–water partition coefficient (Wildman–Crippen LogP) is 4.18. The lowest BCUT2D eigenvalue weighted by Gasteiger charge is -2.01. The second-order valence-corrected chi connectivity index (χ2v) is 7.66. The van der Waals surface area contributed by atoms with Gasteiger partial charge < -0.3 is 9.73 Å². The summed E-state index contributed by atoms with van der Waals surface area (Å²) in [6.07, 6.45) is 0.287. The zero-order chi connectivity index (χ0) is 17.2. The van der Waals surface area contributed by atoms with Crippen LogP contribution >= 0.6 is 22.7 Å². The molecule has 0 aliphatic carbocycles. The topological polar surface area (TPSA) is 68.0 Å². The van der Waals surface area contributed by atoms with Gasteiger partial charge in [-0.15, -0.1) is 22.7 Å². The van der Waals surface area contributed by atoms with Crippen molar-refractivity contribution >= 4 is 38.8 Å². The third kappa shape index (κ3) is 3.62. The lowest BCUT2D eigenvalue weighted by Crippen LogP contribution is -2.24. The van der Waals surface area contributed by atoms with E-state index in [4.69, 9.17) is 4.42 Å². The molecule has 126 valence electrons. The Morgan fingerprint density at radius 2 is 2.08 bits per heavy atom. The van der Waals surface area contributed by atoms with Crippen LogP contribution in [0.5, 0.6) is 0 Å². The number of carbonyl (C=O) groups is 1. The van der Waals surface area contributed by atoms with Gasteiger partial charge in [0.1, 0.15) is 5.76 Å². The highest BCUT2D eigenvalue weighted by Gasteiger charge is 2.12. The summed E-state index contributed by atoms with van der Waals surface area (Å²) in [6, 6.07) is 11.8. The van der Waals surface area contributed by atoms with Crippen LogP contribution in [0.15, 0.2) is 46.2 Å². The molecule has 4 rings (SSSR count). The number of hydrogen-bond donors (Lipinski definition) is 1. The lowest BCUT2D eigenvalue weighted by molar-refractivity contribution is -0.120. The summed E-state index contributed by atoms with van der Waals surface area (Å²) in [5, 5.41) is 6.58. The molecule has 3 aromatic heterocycles. The van der Waals surface area contributed by atoms with Crippen LogP contribution in [0.25, 0.3) is 21.0 Å². The summed E-state index contributed by atoms with van der Waals surface area (Å²) >= 11 is 3.14. The Kier molecular flexibility index (Phi) is 4.33. The largest absolute Gasteiger partial charge is 0.457 e. The normalized spacial score (nSPS) is 11.1. The molecule has 0 aliphatic rings. The van der Waals surface area contributed by atoms with Gasteiger partial charge in [0, 0.05) is 5.38 Å². The first-order valence-electron chi connectivity index (χ1n) is 7.80. The van der Waals surface area contributed by atoms with E-state index in [1.54, 1.807) is 22.7 Å². The van der Waals surface area contributed by atoms with Gasteiger partial charge in [-0.1, -0.05) is 12.1 Å². The Morgan fingerprint density at radius 3 is 2.88 bits per heavy atom. The minimum Gasteiger partial charge on any atom is -0.457 e. The molecule has 1 amide bonds. The van der Waals surface area contributed by atoms with Crippen LogP contribution < -0.4 is 5.32 Å². The highest BCUT2D eigenvalue weighted by molar-refractivity contribution is 7.21. The summed E-state index contributed by atoms with van der Waals surface area (Å²) in [4.78, 5) is 20.9. The van der Waals surface area contributed by atoms with E-state index in [1.807, 2.05) is 48.7 Å². The number of nitrogens with one attached hydrogen (secondary N) is 1. The van der Waals surface area contributed by atoms with E-state index >= 15 is 0 Å². The highest BCUT2D eigenvalue weighted by Crippen LogP contribution is 2.31.